The van der Waals surface area contributed by atoms with Crippen molar-refractivity contribution >= 4 is 27.5 Å². The molecule has 1 aliphatic heterocycles. The summed E-state index contributed by atoms with van der Waals surface area (Å²) in [5.74, 6) is 0.688. The van der Waals surface area contributed by atoms with E-state index in [1.54, 1.807) is 13.2 Å². The van der Waals surface area contributed by atoms with Crippen molar-refractivity contribution in [1.29, 1.82) is 0 Å². The van der Waals surface area contributed by atoms with Crippen molar-refractivity contribution in [2.24, 2.45) is 0 Å². The Hall–Kier alpha value is -2.01. The first-order chi connectivity index (χ1) is 9.69. The quantitative estimate of drug-likeness (QED) is 0.887. The van der Waals surface area contributed by atoms with E-state index in [0.29, 0.717) is 5.56 Å². The molecule has 1 heterocycles. The Kier molecular flexibility index (Phi) is 3.36. The van der Waals surface area contributed by atoms with Gasteiger partial charge in [0, 0.05) is 5.69 Å². The number of para-hydroxylation sites is 1. The van der Waals surface area contributed by atoms with Gasteiger partial charge in [0.05, 0.1) is 17.1 Å². The van der Waals surface area contributed by atoms with Gasteiger partial charge < -0.3 is 15.4 Å². The van der Waals surface area contributed by atoms with Crippen LogP contribution in [0.15, 0.2) is 46.9 Å². The van der Waals surface area contributed by atoms with E-state index in [4.69, 9.17) is 4.74 Å². The van der Waals surface area contributed by atoms with Crippen LogP contribution in [0.25, 0.3) is 0 Å². The Morgan fingerprint density at radius 1 is 1.15 bits per heavy atom. The standard InChI is InChI=1S/C15H13BrN2O2/c1-20-13-7-6-9(8-11(13)16)14-17-12-5-3-2-4-10(12)15(19)18-14/h2-8,14,17H,1H3,(H,18,19). The lowest BCUT2D eigenvalue weighted by Gasteiger charge is -2.28. The van der Waals surface area contributed by atoms with Crippen LogP contribution in [0.3, 0.4) is 0 Å². The number of rotatable bonds is 2. The highest BCUT2D eigenvalue weighted by Gasteiger charge is 2.24. The van der Waals surface area contributed by atoms with Crippen molar-refractivity contribution in [2.75, 3.05) is 12.4 Å². The van der Waals surface area contributed by atoms with Gasteiger partial charge in [0.25, 0.3) is 5.91 Å². The first-order valence-corrected chi connectivity index (χ1v) is 6.98. The summed E-state index contributed by atoms with van der Waals surface area (Å²) in [5.41, 5.74) is 2.46. The number of carbonyl (C=O) groups is 1. The van der Waals surface area contributed by atoms with Crippen molar-refractivity contribution in [1.82, 2.24) is 5.32 Å². The van der Waals surface area contributed by atoms with E-state index in [2.05, 4.69) is 26.6 Å². The molecule has 2 aromatic carbocycles. The highest BCUT2D eigenvalue weighted by Crippen LogP contribution is 2.31. The molecule has 5 heteroatoms. The zero-order chi connectivity index (χ0) is 14.1. The van der Waals surface area contributed by atoms with Crippen molar-refractivity contribution in [3.05, 3.63) is 58.1 Å². The molecular formula is C15H13BrN2O2. The zero-order valence-electron chi connectivity index (χ0n) is 10.8. The third-order valence-corrected chi connectivity index (χ3v) is 3.88. The molecule has 3 rings (SSSR count). The Balaban J connectivity index is 1.94. The Morgan fingerprint density at radius 2 is 1.95 bits per heavy atom. The van der Waals surface area contributed by atoms with Crippen LogP contribution >= 0.6 is 15.9 Å². The Morgan fingerprint density at radius 3 is 2.70 bits per heavy atom. The maximum Gasteiger partial charge on any atom is 0.255 e. The largest absolute Gasteiger partial charge is 0.496 e. The number of carbonyl (C=O) groups excluding carboxylic acids is 1. The van der Waals surface area contributed by atoms with Crippen LogP contribution in [0.4, 0.5) is 5.69 Å². The molecule has 2 N–H and O–H groups in total. The molecular weight excluding hydrogens is 320 g/mol. The molecule has 0 bridgehead atoms. The second-order valence-electron chi connectivity index (χ2n) is 4.49. The highest BCUT2D eigenvalue weighted by atomic mass is 79.9. The number of hydrogen-bond acceptors (Lipinski definition) is 3. The summed E-state index contributed by atoms with van der Waals surface area (Å²) in [6.07, 6.45) is -0.250. The lowest BCUT2D eigenvalue weighted by molar-refractivity contribution is 0.0935. The molecule has 1 unspecified atom stereocenters. The number of benzene rings is 2. The molecule has 2 aromatic rings. The van der Waals surface area contributed by atoms with Gasteiger partial charge in [0.1, 0.15) is 11.9 Å². The molecule has 0 aromatic heterocycles. The summed E-state index contributed by atoms with van der Waals surface area (Å²) in [7, 11) is 1.62. The number of methoxy groups -OCH3 is 1. The molecule has 0 saturated carbocycles. The van der Waals surface area contributed by atoms with Crippen LogP contribution in [0.2, 0.25) is 0 Å². The third-order valence-electron chi connectivity index (χ3n) is 3.26. The van der Waals surface area contributed by atoms with E-state index in [1.165, 1.54) is 0 Å². The van der Waals surface area contributed by atoms with Crippen molar-refractivity contribution in [2.45, 2.75) is 6.17 Å². The predicted octanol–water partition coefficient (Wildman–Crippen LogP) is 3.31. The molecule has 0 saturated heterocycles. The van der Waals surface area contributed by atoms with Gasteiger partial charge in [-0.3, -0.25) is 4.79 Å². The van der Waals surface area contributed by atoms with Gasteiger partial charge in [-0.25, -0.2) is 0 Å². The minimum absolute atomic E-state index is 0.0729. The molecule has 0 fully saturated rings. The fourth-order valence-corrected chi connectivity index (χ4v) is 2.79. The molecule has 20 heavy (non-hydrogen) atoms. The molecule has 0 radical (unpaired) electrons. The highest BCUT2D eigenvalue weighted by molar-refractivity contribution is 9.10. The van der Waals surface area contributed by atoms with Crippen LogP contribution in [0.1, 0.15) is 22.1 Å². The summed E-state index contributed by atoms with van der Waals surface area (Å²) in [4.78, 5) is 12.1. The fourth-order valence-electron chi connectivity index (χ4n) is 2.24. The Bertz CT molecular complexity index is 673. The van der Waals surface area contributed by atoms with Crippen LogP contribution in [-0.2, 0) is 0 Å². The second kappa shape index (κ2) is 5.17. The van der Waals surface area contributed by atoms with Gasteiger partial charge in [-0.1, -0.05) is 18.2 Å². The summed E-state index contributed by atoms with van der Waals surface area (Å²) >= 11 is 3.46. The lowest BCUT2D eigenvalue weighted by atomic mass is 10.1. The maximum absolute atomic E-state index is 12.1. The topological polar surface area (TPSA) is 50.4 Å². The number of amides is 1. The normalized spacial score (nSPS) is 16.9. The maximum atomic E-state index is 12.1. The number of ether oxygens (including phenoxy) is 1. The molecule has 0 spiro atoms. The van der Waals surface area contributed by atoms with Gasteiger partial charge in [0.2, 0.25) is 0 Å². The van der Waals surface area contributed by atoms with Crippen LogP contribution < -0.4 is 15.4 Å². The second-order valence-corrected chi connectivity index (χ2v) is 5.34. The smallest absolute Gasteiger partial charge is 0.255 e. The number of halogens is 1. The minimum Gasteiger partial charge on any atom is -0.496 e. The van der Waals surface area contributed by atoms with E-state index < -0.39 is 0 Å². The van der Waals surface area contributed by atoms with Crippen LogP contribution in [-0.4, -0.2) is 13.0 Å². The van der Waals surface area contributed by atoms with E-state index in [9.17, 15) is 4.79 Å². The predicted molar refractivity (Wildman–Crippen MR) is 81.0 cm³/mol. The van der Waals surface area contributed by atoms with E-state index in [1.807, 2.05) is 36.4 Å². The fraction of sp³-hybridized carbons (Fsp3) is 0.133. The van der Waals surface area contributed by atoms with Gasteiger partial charge in [-0.2, -0.15) is 0 Å². The number of fused-ring (bicyclic) bond motifs is 1. The van der Waals surface area contributed by atoms with E-state index >= 15 is 0 Å². The van der Waals surface area contributed by atoms with Crippen molar-refractivity contribution in [3.8, 4) is 5.75 Å². The molecule has 1 atom stereocenters. The summed E-state index contributed by atoms with van der Waals surface area (Å²) < 4.78 is 6.06. The number of anilines is 1. The van der Waals surface area contributed by atoms with Gasteiger partial charge >= 0.3 is 0 Å². The third kappa shape index (κ3) is 2.25. The molecule has 0 aliphatic carbocycles. The summed E-state index contributed by atoms with van der Waals surface area (Å²) in [6, 6.07) is 13.2. The monoisotopic (exact) mass is 332 g/mol. The van der Waals surface area contributed by atoms with Crippen molar-refractivity contribution < 1.29 is 9.53 Å². The SMILES string of the molecule is COc1ccc(C2NC(=O)c3ccccc3N2)cc1Br. The molecule has 1 aliphatic rings. The summed E-state index contributed by atoms with van der Waals surface area (Å²) in [5, 5.41) is 6.26. The van der Waals surface area contributed by atoms with Gasteiger partial charge in [-0.15, -0.1) is 0 Å². The van der Waals surface area contributed by atoms with Gasteiger partial charge in [-0.05, 0) is 45.8 Å². The lowest BCUT2D eigenvalue weighted by Crippen LogP contribution is -2.38. The number of nitrogens with one attached hydrogen (secondary N) is 2. The van der Waals surface area contributed by atoms with Crippen LogP contribution in [0.5, 0.6) is 5.75 Å². The molecule has 102 valence electrons. The summed E-state index contributed by atoms with van der Waals surface area (Å²) in [6.45, 7) is 0. The molecule has 4 nitrogen and oxygen atoms in total. The van der Waals surface area contributed by atoms with E-state index in [0.717, 1.165) is 21.5 Å². The van der Waals surface area contributed by atoms with E-state index in [-0.39, 0.29) is 12.1 Å². The average molecular weight is 333 g/mol. The Labute approximate surface area is 125 Å². The number of hydrogen-bond donors (Lipinski definition) is 2. The minimum atomic E-state index is -0.250. The average Bonchev–Trinajstić information content (AvgIpc) is 2.47. The van der Waals surface area contributed by atoms with Crippen molar-refractivity contribution in [3.63, 3.8) is 0 Å². The first kappa shape index (κ1) is 13.0. The van der Waals surface area contributed by atoms with Crippen LogP contribution in [0, 0.1) is 0 Å². The first-order valence-electron chi connectivity index (χ1n) is 6.19. The zero-order valence-corrected chi connectivity index (χ0v) is 12.4. The van der Waals surface area contributed by atoms with Gasteiger partial charge in [0.15, 0.2) is 0 Å². The molecule has 1 amide bonds.